The molecule has 1 N–H and O–H groups in total. The normalized spacial score (nSPS) is 22.7. The van der Waals surface area contributed by atoms with Crippen LogP contribution < -0.4 is 5.32 Å². The largest absolute Gasteiger partial charge is 0.414 e. The maximum absolute atomic E-state index is 12.7. The number of nitrogens with one attached hydrogen (secondary N) is 1. The van der Waals surface area contributed by atoms with Gasteiger partial charge in [0.05, 0.1) is 27.6 Å². The van der Waals surface area contributed by atoms with E-state index in [2.05, 4.69) is 66.0 Å². The quantitative estimate of drug-likeness (QED) is 0.480. The molecule has 0 radical (unpaired) electrons. The van der Waals surface area contributed by atoms with Gasteiger partial charge in [0.1, 0.15) is 5.82 Å². The van der Waals surface area contributed by atoms with Gasteiger partial charge in [-0.25, -0.2) is 13.1 Å². The van der Waals surface area contributed by atoms with E-state index in [1.807, 2.05) is 22.9 Å². The fraction of sp³-hybridized carbons (Fsp3) is 0.654. The zero-order chi connectivity index (χ0) is 25.1. The van der Waals surface area contributed by atoms with Crippen molar-refractivity contribution in [3.05, 3.63) is 35.5 Å². The molecule has 0 saturated heterocycles. The first-order chi connectivity index (χ1) is 15.6. The molecule has 1 aliphatic carbocycles. The van der Waals surface area contributed by atoms with Crippen LogP contribution in [0.2, 0.25) is 18.1 Å². The van der Waals surface area contributed by atoms with Crippen LogP contribution >= 0.6 is 0 Å². The Hall–Kier alpha value is -1.64. The molecule has 188 valence electrons. The summed E-state index contributed by atoms with van der Waals surface area (Å²) < 4.78 is 34.1. The SMILES string of the molecule is CC(C)(C)n1nc([C@H]2CC[C@@H](O[Si](C)(C)C(C)(C)C)C2)cc1Nc1cccc2c1S(=O)(=O)CC2. The highest BCUT2D eigenvalue weighted by Gasteiger charge is 2.41. The van der Waals surface area contributed by atoms with E-state index in [-0.39, 0.29) is 22.4 Å². The number of anilines is 2. The van der Waals surface area contributed by atoms with Crippen molar-refractivity contribution in [2.45, 2.75) is 108 Å². The Morgan fingerprint density at radius 2 is 1.82 bits per heavy atom. The fourth-order valence-corrected chi connectivity index (χ4v) is 7.96. The van der Waals surface area contributed by atoms with Gasteiger partial charge in [-0.1, -0.05) is 32.9 Å². The van der Waals surface area contributed by atoms with Crippen molar-refractivity contribution in [3.63, 3.8) is 0 Å². The zero-order valence-electron chi connectivity index (χ0n) is 22.0. The van der Waals surface area contributed by atoms with Gasteiger partial charge in [-0.05, 0) is 76.2 Å². The maximum atomic E-state index is 12.7. The smallest absolute Gasteiger partial charge is 0.192 e. The summed E-state index contributed by atoms with van der Waals surface area (Å²) in [6, 6.07) is 7.82. The molecular formula is C26H41N3O3SSi. The number of hydrogen-bond donors (Lipinski definition) is 1. The Balaban J connectivity index is 1.60. The third-order valence-corrected chi connectivity index (χ3v) is 14.1. The predicted octanol–water partition coefficient (Wildman–Crippen LogP) is 6.37. The molecule has 1 aromatic heterocycles. The molecule has 1 aromatic carbocycles. The third kappa shape index (κ3) is 4.86. The minimum Gasteiger partial charge on any atom is -0.414 e. The number of fused-ring (bicyclic) bond motifs is 1. The number of nitrogens with zero attached hydrogens (tertiary/aromatic N) is 2. The van der Waals surface area contributed by atoms with Gasteiger partial charge in [0.15, 0.2) is 18.2 Å². The molecule has 0 spiro atoms. The van der Waals surface area contributed by atoms with Gasteiger partial charge >= 0.3 is 0 Å². The van der Waals surface area contributed by atoms with Crippen molar-refractivity contribution in [2.75, 3.05) is 11.1 Å². The van der Waals surface area contributed by atoms with Gasteiger partial charge in [-0.15, -0.1) is 0 Å². The Labute approximate surface area is 206 Å². The third-order valence-electron chi connectivity index (χ3n) is 7.74. The van der Waals surface area contributed by atoms with E-state index in [0.29, 0.717) is 22.9 Å². The molecule has 2 aromatic rings. The summed E-state index contributed by atoms with van der Waals surface area (Å²) in [5, 5.41) is 8.68. The lowest BCUT2D eigenvalue weighted by atomic mass is 10.0. The first-order valence-electron chi connectivity index (χ1n) is 12.5. The van der Waals surface area contributed by atoms with Crippen molar-refractivity contribution < 1.29 is 12.8 Å². The van der Waals surface area contributed by atoms with Crippen LogP contribution in [0.1, 0.15) is 78.0 Å². The number of rotatable bonds is 5. The van der Waals surface area contributed by atoms with Crippen LogP contribution in [0.15, 0.2) is 29.2 Å². The van der Waals surface area contributed by atoms with Crippen LogP contribution in [-0.2, 0) is 26.2 Å². The molecule has 0 bridgehead atoms. The second kappa shape index (κ2) is 8.49. The lowest BCUT2D eigenvalue weighted by molar-refractivity contribution is 0.186. The number of aromatic nitrogens is 2. The molecule has 1 saturated carbocycles. The molecule has 2 heterocycles. The number of aryl methyl sites for hydroxylation is 1. The lowest BCUT2D eigenvalue weighted by Gasteiger charge is -2.38. The summed E-state index contributed by atoms with van der Waals surface area (Å²) in [7, 11) is -5.06. The molecule has 4 rings (SSSR count). The Bertz CT molecular complexity index is 1170. The molecule has 1 aliphatic heterocycles. The average Bonchev–Trinajstić information content (AvgIpc) is 3.38. The van der Waals surface area contributed by atoms with Gasteiger partial charge < -0.3 is 9.74 Å². The van der Waals surface area contributed by atoms with E-state index in [4.69, 9.17) is 9.52 Å². The molecule has 2 aliphatic rings. The fourth-order valence-electron chi connectivity index (χ4n) is 4.84. The van der Waals surface area contributed by atoms with E-state index in [1.165, 1.54) is 0 Å². The Morgan fingerprint density at radius 3 is 2.47 bits per heavy atom. The van der Waals surface area contributed by atoms with Crippen LogP contribution in [0.5, 0.6) is 0 Å². The van der Waals surface area contributed by atoms with Gasteiger partial charge in [-0.2, -0.15) is 5.10 Å². The average molecular weight is 504 g/mol. The van der Waals surface area contributed by atoms with E-state index in [1.54, 1.807) is 0 Å². The number of sulfone groups is 1. The van der Waals surface area contributed by atoms with Crippen molar-refractivity contribution >= 4 is 29.7 Å². The topological polar surface area (TPSA) is 73.2 Å². The minimum atomic E-state index is -3.26. The molecular weight excluding hydrogens is 462 g/mol. The molecule has 2 atom stereocenters. The molecule has 8 heteroatoms. The van der Waals surface area contributed by atoms with E-state index in [9.17, 15) is 8.42 Å². The summed E-state index contributed by atoms with van der Waals surface area (Å²) in [5.74, 6) is 1.37. The Kier molecular flexibility index (Phi) is 6.35. The zero-order valence-corrected chi connectivity index (χ0v) is 23.8. The van der Waals surface area contributed by atoms with Gasteiger partial charge in [0.25, 0.3) is 0 Å². The summed E-state index contributed by atoms with van der Waals surface area (Å²) in [6.45, 7) is 17.9. The standard InChI is InChI=1S/C26H41N3O3SSi/c1-25(2,3)29-23(27-21-11-9-10-18-14-15-33(30,31)24(18)21)17-22(28-29)19-12-13-20(16-19)32-34(7,8)26(4,5)6/h9-11,17,19-20,27H,12-16H2,1-8H3/t19-,20+/m0/s1. The highest BCUT2D eigenvalue weighted by atomic mass is 32.2. The summed E-state index contributed by atoms with van der Waals surface area (Å²) in [6.07, 6.45) is 3.98. The Morgan fingerprint density at radius 1 is 1.12 bits per heavy atom. The molecule has 0 amide bonds. The first-order valence-corrected chi connectivity index (χ1v) is 17.0. The molecule has 34 heavy (non-hydrogen) atoms. The highest BCUT2D eigenvalue weighted by molar-refractivity contribution is 7.91. The van der Waals surface area contributed by atoms with Gasteiger partial charge in [0, 0.05) is 18.1 Å². The maximum Gasteiger partial charge on any atom is 0.192 e. The minimum absolute atomic E-state index is 0.183. The van der Waals surface area contributed by atoms with Crippen molar-refractivity contribution in [3.8, 4) is 0 Å². The van der Waals surface area contributed by atoms with Crippen molar-refractivity contribution in [1.82, 2.24) is 9.78 Å². The van der Waals surface area contributed by atoms with Crippen LogP contribution in [0.25, 0.3) is 0 Å². The number of benzene rings is 1. The van der Waals surface area contributed by atoms with Crippen molar-refractivity contribution in [1.29, 1.82) is 0 Å². The van der Waals surface area contributed by atoms with Crippen LogP contribution in [-0.4, -0.2) is 38.4 Å². The molecule has 6 nitrogen and oxygen atoms in total. The first kappa shape index (κ1) is 25.4. The van der Waals surface area contributed by atoms with Crippen molar-refractivity contribution in [2.24, 2.45) is 0 Å². The summed E-state index contributed by atoms with van der Waals surface area (Å²) in [5.41, 5.74) is 2.37. The highest BCUT2D eigenvalue weighted by Crippen LogP contribution is 2.43. The van der Waals surface area contributed by atoms with Crippen LogP contribution in [0.3, 0.4) is 0 Å². The van der Waals surface area contributed by atoms with E-state index >= 15 is 0 Å². The van der Waals surface area contributed by atoms with Gasteiger partial charge in [-0.3, -0.25) is 0 Å². The lowest BCUT2D eigenvalue weighted by Crippen LogP contribution is -2.43. The summed E-state index contributed by atoms with van der Waals surface area (Å²) in [4.78, 5) is 0.446. The second-order valence-corrected chi connectivity index (χ2v) is 19.3. The van der Waals surface area contributed by atoms with Crippen LogP contribution in [0, 0.1) is 0 Å². The monoisotopic (exact) mass is 503 g/mol. The van der Waals surface area contributed by atoms with Crippen LogP contribution in [0.4, 0.5) is 11.5 Å². The second-order valence-electron chi connectivity index (χ2n) is 12.5. The number of hydrogen-bond acceptors (Lipinski definition) is 5. The molecule has 1 fully saturated rings. The predicted molar refractivity (Wildman–Crippen MR) is 141 cm³/mol. The van der Waals surface area contributed by atoms with E-state index in [0.717, 1.165) is 36.3 Å². The molecule has 0 unspecified atom stereocenters. The summed E-state index contributed by atoms with van der Waals surface area (Å²) >= 11 is 0. The van der Waals surface area contributed by atoms with Gasteiger partial charge in [0.2, 0.25) is 0 Å². The van der Waals surface area contributed by atoms with E-state index < -0.39 is 18.2 Å².